The summed E-state index contributed by atoms with van der Waals surface area (Å²) in [6.45, 7) is 2.14. The molecule has 3 aromatic carbocycles. The van der Waals surface area contributed by atoms with Crippen molar-refractivity contribution in [3.8, 4) is 0 Å². The van der Waals surface area contributed by atoms with Gasteiger partial charge in [0, 0.05) is 0 Å². The molecule has 106 valence electrons. The minimum absolute atomic E-state index is 0.989. The topological polar surface area (TPSA) is 0 Å². The van der Waals surface area contributed by atoms with Crippen molar-refractivity contribution in [1.29, 1.82) is 0 Å². The Morgan fingerprint density at radius 1 is 0.727 bits per heavy atom. The van der Waals surface area contributed by atoms with Crippen LogP contribution in [0.5, 0.6) is 0 Å². The molecule has 0 spiro atoms. The summed E-state index contributed by atoms with van der Waals surface area (Å²) < 4.78 is 0. The quantitative estimate of drug-likeness (QED) is 0.640. The summed E-state index contributed by atoms with van der Waals surface area (Å²) in [6, 6.07) is 26.4. The van der Waals surface area contributed by atoms with Crippen LogP contribution in [0.3, 0.4) is 0 Å². The van der Waals surface area contributed by atoms with E-state index in [0.29, 0.717) is 0 Å². The Hall–Kier alpha value is -2.60. The highest BCUT2D eigenvalue weighted by Crippen LogP contribution is 2.25. The van der Waals surface area contributed by atoms with Crippen LogP contribution in [0.4, 0.5) is 0 Å². The van der Waals surface area contributed by atoms with Gasteiger partial charge in [-0.25, -0.2) is 0 Å². The fraction of sp³-hybridized carbons (Fsp3) is 0.0909. The molecule has 0 N–H and O–H groups in total. The van der Waals surface area contributed by atoms with E-state index in [4.69, 9.17) is 0 Å². The van der Waals surface area contributed by atoms with Crippen molar-refractivity contribution in [1.82, 2.24) is 0 Å². The van der Waals surface area contributed by atoms with Gasteiger partial charge in [-0.15, -0.1) is 0 Å². The zero-order chi connectivity index (χ0) is 14.9. The van der Waals surface area contributed by atoms with Gasteiger partial charge >= 0.3 is 0 Å². The Balaban J connectivity index is 2.14. The van der Waals surface area contributed by atoms with Crippen molar-refractivity contribution < 1.29 is 0 Å². The maximum absolute atomic E-state index is 2.34. The van der Waals surface area contributed by atoms with Crippen molar-refractivity contribution in [2.24, 2.45) is 0 Å². The smallest absolute Gasteiger partial charge is 0.00301 e. The molecule has 0 fully saturated rings. The first-order chi connectivity index (χ1) is 10.8. The third-order valence-corrected chi connectivity index (χ3v) is 4.40. The molecular weight excluding hydrogens is 264 g/mol. The Bertz CT molecular complexity index is 944. The first kappa shape index (κ1) is 13.1. The highest BCUT2D eigenvalue weighted by atomic mass is 14.2. The maximum Gasteiger partial charge on any atom is -0.00301 e. The average Bonchev–Trinajstić information content (AvgIpc) is 2.73. The molecule has 0 bridgehead atoms. The minimum atomic E-state index is 0.989. The van der Waals surface area contributed by atoms with Crippen LogP contribution < -0.4 is 10.4 Å². The van der Waals surface area contributed by atoms with Gasteiger partial charge in [0.1, 0.15) is 0 Å². The van der Waals surface area contributed by atoms with Crippen LogP contribution in [-0.4, -0.2) is 0 Å². The Morgan fingerprint density at radius 2 is 1.45 bits per heavy atom. The SMILES string of the molecule is Cc1ccc(C2=c3ccccc3=CCc3ccccc32)cc1. The summed E-state index contributed by atoms with van der Waals surface area (Å²) in [7, 11) is 0. The molecule has 0 heteroatoms. The molecular formula is C22H18. The van der Waals surface area contributed by atoms with Gasteiger partial charge in [-0.2, -0.15) is 0 Å². The molecule has 0 aromatic heterocycles. The van der Waals surface area contributed by atoms with Crippen LogP contribution in [-0.2, 0) is 6.42 Å². The van der Waals surface area contributed by atoms with E-state index >= 15 is 0 Å². The molecule has 0 amide bonds. The normalized spacial score (nSPS) is 12.9. The summed E-state index contributed by atoms with van der Waals surface area (Å²) in [4.78, 5) is 0. The molecule has 3 aromatic rings. The predicted octanol–water partition coefficient (Wildman–Crippen LogP) is 3.58. The van der Waals surface area contributed by atoms with Crippen LogP contribution in [0, 0.1) is 6.92 Å². The fourth-order valence-electron chi connectivity index (χ4n) is 3.24. The van der Waals surface area contributed by atoms with Gasteiger partial charge < -0.3 is 0 Å². The molecule has 0 heterocycles. The summed E-state index contributed by atoms with van der Waals surface area (Å²) in [5, 5.41) is 2.66. The summed E-state index contributed by atoms with van der Waals surface area (Å²) in [5.41, 5.74) is 6.69. The van der Waals surface area contributed by atoms with Crippen LogP contribution in [0.2, 0.25) is 0 Å². The molecule has 0 radical (unpaired) electrons. The first-order valence-corrected chi connectivity index (χ1v) is 7.78. The highest BCUT2D eigenvalue weighted by Gasteiger charge is 2.12. The van der Waals surface area contributed by atoms with Gasteiger partial charge in [-0.3, -0.25) is 0 Å². The van der Waals surface area contributed by atoms with Crippen LogP contribution in [0.15, 0.2) is 72.8 Å². The van der Waals surface area contributed by atoms with Crippen molar-refractivity contribution in [3.63, 3.8) is 0 Å². The molecule has 0 unspecified atom stereocenters. The Kier molecular flexibility index (Phi) is 3.16. The van der Waals surface area contributed by atoms with E-state index in [9.17, 15) is 0 Å². The average molecular weight is 282 g/mol. The number of rotatable bonds is 1. The summed E-state index contributed by atoms with van der Waals surface area (Å²) in [5.74, 6) is 0. The second-order valence-electron chi connectivity index (χ2n) is 5.89. The molecule has 1 aliphatic carbocycles. The van der Waals surface area contributed by atoms with Crippen molar-refractivity contribution >= 4 is 11.6 Å². The molecule has 0 atom stereocenters. The third-order valence-electron chi connectivity index (χ3n) is 4.40. The Labute approximate surface area is 131 Å². The zero-order valence-corrected chi connectivity index (χ0v) is 12.7. The Morgan fingerprint density at radius 3 is 2.32 bits per heavy atom. The zero-order valence-electron chi connectivity index (χ0n) is 12.7. The monoisotopic (exact) mass is 282 g/mol. The standard InChI is InChI=1S/C22H18/c1-16-10-12-19(13-11-16)22-20-8-4-2-6-17(20)14-15-18-7-3-5-9-21(18)22/h2-14H,15H2,1H3. The van der Waals surface area contributed by atoms with Gasteiger partial charge in [0.05, 0.1) is 0 Å². The number of fused-ring (bicyclic) bond motifs is 2. The number of aryl methyl sites for hydroxylation is 1. The highest BCUT2D eigenvalue weighted by molar-refractivity contribution is 5.82. The van der Waals surface area contributed by atoms with Crippen molar-refractivity contribution in [2.75, 3.05) is 0 Å². The van der Waals surface area contributed by atoms with Gasteiger partial charge in [-0.1, -0.05) is 84.4 Å². The van der Waals surface area contributed by atoms with Gasteiger partial charge in [0.15, 0.2) is 0 Å². The molecule has 4 rings (SSSR count). The van der Waals surface area contributed by atoms with Crippen LogP contribution >= 0.6 is 0 Å². The number of hydrogen-bond acceptors (Lipinski definition) is 0. The predicted molar refractivity (Wildman–Crippen MR) is 93.1 cm³/mol. The van der Waals surface area contributed by atoms with E-state index in [1.54, 1.807) is 0 Å². The van der Waals surface area contributed by atoms with E-state index in [-0.39, 0.29) is 0 Å². The van der Waals surface area contributed by atoms with E-state index in [2.05, 4.69) is 85.8 Å². The van der Waals surface area contributed by atoms with Crippen LogP contribution in [0.1, 0.15) is 22.3 Å². The van der Waals surface area contributed by atoms with Gasteiger partial charge in [-0.05, 0) is 46.0 Å². The van der Waals surface area contributed by atoms with E-state index in [1.807, 2.05) is 0 Å². The van der Waals surface area contributed by atoms with Crippen molar-refractivity contribution in [2.45, 2.75) is 13.3 Å². The number of benzene rings is 3. The third kappa shape index (κ3) is 2.17. The fourth-order valence-corrected chi connectivity index (χ4v) is 3.24. The lowest BCUT2D eigenvalue weighted by molar-refractivity contribution is 1.31. The molecule has 0 aliphatic heterocycles. The summed E-state index contributed by atoms with van der Waals surface area (Å²) in [6.07, 6.45) is 3.33. The molecule has 1 aliphatic rings. The molecule has 0 nitrogen and oxygen atoms in total. The van der Waals surface area contributed by atoms with Crippen LogP contribution in [0.25, 0.3) is 11.6 Å². The lowest BCUT2D eigenvalue weighted by Crippen LogP contribution is -2.26. The second kappa shape index (κ2) is 5.31. The van der Waals surface area contributed by atoms with Crippen molar-refractivity contribution in [3.05, 3.63) is 105 Å². The summed E-state index contributed by atoms with van der Waals surface area (Å²) >= 11 is 0. The van der Waals surface area contributed by atoms with E-state index < -0.39 is 0 Å². The molecule has 22 heavy (non-hydrogen) atoms. The first-order valence-electron chi connectivity index (χ1n) is 7.78. The minimum Gasteiger partial charge on any atom is -0.0722 e. The van der Waals surface area contributed by atoms with E-state index in [1.165, 1.54) is 38.3 Å². The largest absolute Gasteiger partial charge is 0.0722 e. The maximum atomic E-state index is 2.34. The lowest BCUT2D eigenvalue weighted by atomic mass is 9.92. The lowest BCUT2D eigenvalue weighted by Gasteiger charge is -2.12. The molecule has 0 saturated carbocycles. The van der Waals surface area contributed by atoms with Gasteiger partial charge in [0.2, 0.25) is 0 Å². The molecule has 0 saturated heterocycles. The second-order valence-corrected chi connectivity index (χ2v) is 5.89. The van der Waals surface area contributed by atoms with E-state index in [0.717, 1.165) is 6.42 Å². The van der Waals surface area contributed by atoms with Gasteiger partial charge in [0.25, 0.3) is 0 Å². The number of hydrogen-bond donors (Lipinski definition) is 0.